The molecule has 0 aliphatic heterocycles. The topological polar surface area (TPSA) is 87.7 Å². The summed E-state index contributed by atoms with van der Waals surface area (Å²) in [6.07, 6.45) is -0.803. The van der Waals surface area contributed by atoms with Crippen LogP contribution in [0.2, 0.25) is 10.0 Å². The molecule has 8 heteroatoms. The monoisotopic (exact) mass is 320 g/mol. The normalized spacial score (nSPS) is 11.8. The lowest BCUT2D eigenvalue weighted by Gasteiger charge is -2.15. The number of anilines is 1. The summed E-state index contributed by atoms with van der Waals surface area (Å²) in [5.41, 5.74) is 0.365. The molecule has 1 aromatic carbocycles. The third-order valence-corrected chi connectivity index (χ3v) is 3.24. The van der Waals surface area contributed by atoms with Crippen molar-refractivity contribution in [3.63, 3.8) is 0 Å². The van der Waals surface area contributed by atoms with Crippen LogP contribution in [0.5, 0.6) is 0 Å². The largest absolute Gasteiger partial charge is 0.481 e. The smallest absolute Gasteiger partial charge is 0.319 e. The maximum atomic E-state index is 11.7. The van der Waals surface area contributed by atoms with Crippen LogP contribution in [0.3, 0.4) is 0 Å². The van der Waals surface area contributed by atoms with E-state index >= 15 is 0 Å². The third-order valence-electron chi connectivity index (χ3n) is 2.43. The molecule has 0 radical (unpaired) electrons. The van der Waals surface area contributed by atoms with Crippen LogP contribution in [0, 0.1) is 0 Å². The van der Waals surface area contributed by atoms with Crippen molar-refractivity contribution >= 4 is 40.9 Å². The van der Waals surface area contributed by atoms with Gasteiger partial charge in [0.25, 0.3) is 0 Å². The number of halogens is 2. The number of urea groups is 1. The predicted molar refractivity (Wildman–Crippen MR) is 76.5 cm³/mol. The van der Waals surface area contributed by atoms with Gasteiger partial charge in [-0.3, -0.25) is 4.79 Å². The Balaban J connectivity index is 2.51. The second kappa shape index (κ2) is 7.94. The van der Waals surface area contributed by atoms with Gasteiger partial charge in [0.2, 0.25) is 0 Å². The zero-order chi connectivity index (χ0) is 15.1. The van der Waals surface area contributed by atoms with Gasteiger partial charge in [0.1, 0.15) is 0 Å². The first kappa shape index (κ1) is 16.6. The zero-order valence-corrected chi connectivity index (χ0v) is 12.2. The van der Waals surface area contributed by atoms with E-state index in [2.05, 4.69) is 10.6 Å². The molecular formula is C12H14Cl2N2O4. The molecule has 1 rings (SSSR count). The van der Waals surface area contributed by atoms with Crippen LogP contribution in [-0.4, -0.2) is 36.9 Å². The highest BCUT2D eigenvalue weighted by Crippen LogP contribution is 2.29. The summed E-state index contributed by atoms with van der Waals surface area (Å²) in [4.78, 5) is 22.2. The number of rotatable bonds is 6. The second-order valence-electron chi connectivity index (χ2n) is 3.89. The minimum Gasteiger partial charge on any atom is -0.481 e. The molecule has 0 aliphatic rings. The summed E-state index contributed by atoms with van der Waals surface area (Å²) in [5, 5.41) is 14.2. The van der Waals surface area contributed by atoms with Crippen LogP contribution in [-0.2, 0) is 9.53 Å². The molecule has 1 aromatic rings. The fraction of sp³-hybridized carbons (Fsp3) is 0.333. The van der Waals surface area contributed by atoms with E-state index in [1.54, 1.807) is 18.2 Å². The molecular weight excluding hydrogens is 307 g/mol. The van der Waals surface area contributed by atoms with Crippen LogP contribution in [0.4, 0.5) is 10.5 Å². The fourth-order valence-electron chi connectivity index (χ4n) is 1.41. The number of methoxy groups -OCH3 is 1. The Kier molecular flexibility index (Phi) is 6.57. The van der Waals surface area contributed by atoms with E-state index in [9.17, 15) is 9.59 Å². The molecule has 0 saturated heterocycles. The fourth-order valence-corrected chi connectivity index (χ4v) is 1.75. The average Bonchev–Trinajstić information content (AvgIpc) is 2.39. The van der Waals surface area contributed by atoms with Gasteiger partial charge in [0.05, 0.1) is 28.3 Å². The molecule has 3 N–H and O–H groups in total. The number of hydrogen-bond acceptors (Lipinski definition) is 3. The Bertz CT molecular complexity index is 496. The van der Waals surface area contributed by atoms with E-state index in [1.807, 2.05) is 0 Å². The molecule has 6 nitrogen and oxygen atoms in total. The molecule has 0 heterocycles. The van der Waals surface area contributed by atoms with Gasteiger partial charge in [0, 0.05) is 13.7 Å². The van der Waals surface area contributed by atoms with Gasteiger partial charge in [-0.15, -0.1) is 0 Å². The molecule has 0 saturated carbocycles. The first-order chi connectivity index (χ1) is 9.43. The highest BCUT2D eigenvalue weighted by molar-refractivity contribution is 6.43. The van der Waals surface area contributed by atoms with Gasteiger partial charge in [-0.25, -0.2) is 4.79 Å². The lowest BCUT2D eigenvalue weighted by molar-refractivity contribution is -0.139. The van der Waals surface area contributed by atoms with Crippen molar-refractivity contribution in [2.24, 2.45) is 0 Å². The van der Waals surface area contributed by atoms with E-state index in [0.717, 1.165) is 0 Å². The van der Waals surface area contributed by atoms with Gasteiger partial charge in [-0.2, -0.15) is 0 Å². The maximum Gasteiger partial charge on any atom is 0.319 e. The Labute approximate surface area is 126 Å². The first-order valence-electron chi connectivity index (χ1n) is 5.67. The summed E-state index contributed by atoms with van der Waals surface area (Å²) in [6, 6.07) is 4.31. The van der Waals surface area contributed by atoms with Crippen LogP contribution in [0.1, 0.15) is 6.42 Å². The average molecular weight is 321 g/mol. The summed E-state index contributed by atoms with van der Waals surface area (Å²) in [5.74, 6) is -1.00. The highest BCUT2D eigenvalue weighted by atomic mass is 35.5. The number of nitrogens with one attached hydrogen (secondary N) is 2. The number of aliphatic carboxylic acids is 1. The van der Waals surface area contributed by atoms with Gasteiger partial charge in [-0.05, 0) is 12.1 Å². The van der Waals surface area contributed by atoms with Crippen molar-refractivity contribution in [3.8, 4) is 0 Å². The minimum absolute atomic E-state index is 0.0623. The van der Waals surface area contributed by atoms with Crippen LogP contribution >= 0.6 is 23.2 Å². The highest BCUT2D eigenvalue weighted by Gasteiger charge is 2.14. The second-order valence-corrected chi connectivity index (χ2v) is 4.68. The quantitative estimate of drug-likeness (QED) is 0.751. The molecule has 2 amide bonds. The summed E-state index contributed by atoms with van der Waals surface area (Å²) >= 11 is 11.7. The van der Waals surface area contributed by atoms with Gasteiger partial charge < -0.3 is 20.5 Å². The molecule has 110 valence electrons. The summed E-state index contributed by atoms with van der Waals surface area (Å²) in [6.45, 7) is 0.0623. The van der Waals surface area contributed by atoms with Crippen LogP contribution < -0.4 is 10.6 Å². The number of carboxylic acid groups (broad SMARTS) is 1. The Morgan fingerprint density at radius 2 is 2.10 bits per heavy atom. The van der Waals surface area contributed by atoms with Crippen molar-refractivity contribution in [2.75, 3.05) is 19.0 Å². The number of benzene rings is 1. The SMILES string of the molecule is COC(CNC(=O)Nc1cccc(Cl)c1Cl)CC(=O)O. The molecule has 1 unspecified atom stereocenters. The number of ether oxygens (including phenoxy) is 1. The van der Waals surface area contributed by atoms with E-state index < -0.39 is 18.1 Å². The van der Waals surface area contributed by atoms with Crippen molar-refractivity contribution in [1.82, 2.24) is 5.32 Å². The zero-order valence-electron chi connectivity index (χ0n) is 10.7. The molecule has 0 aromatic heterocycles. The summed E-state index contributed by atoms with van der Waals surface area (Å²) < 4.78 is 4.93. The van der Waals surface area contributed by atoms with Crippen LogP contribution in [0.15, 0.2) is 18.2 Å². The maximum absolute atomic E-state index is 11.7. The molecule has 0 fully saturated rings. The number of carbonyl (C=O) groups excluding carboxylic acids is 1. The van der Waals surface area contributed by atoms with E-state index in [-0.39, 0.29) is 18.0 Å². The molecule has 0 aliphatic carbocycles. The number of carboxylic acids is 1. The van der Waals surface area contributed by atoms with Crippen molar-refractivity contribution in [3.05, 3.63) is 28.2 Å². The Hall–Kier alpha value is -1.50. The summed E-state index contributed by atoms with van der Waals surface area (Å²) in [7, 11) is 1.38. The Morgan fingerprint density at radius 1 is 1.40 bits per heavy atom. The molecule has 1 atom stereocenters. The van der Waals surface area contributed by atoms with Crippen molar-refractivity contribution < 1.29 is 19.4 Å². The number of hydrogen-bond donors (Lipinski definition) is 3. The lowest BCUT2D eigenvalue weighted by Crippen LogP contribution is -2.37. The predicted octanol–water partition coefficient (Wildman–Crippen LogP) is 2.60. The number of carbonyl (C=O) groups is 2. The van der Waals surface area contributed by atoms with E-state index in [4.69, 9.17) is 33.0 Å². The lowest BCUT2D eigenvalue weighted by atomic mass is 10.2. The van der Waals surface area contributed by atoms with Gasteiger partial charge in [0.15, 0.2) is 0 Å². The third kappa shape index (κ3) is 5.24. The standard InChI is InChI=1S/C12H14Cl2N2O4/c1-20-7(5-10(17)18)6-15-12(19)16-9-4-2-3-8(13)11(9)14/h2-4,7H,5-6H2,1H3,(H,17,18)(H2,15,16,19). The molecule has 20 heavy (non-hydrogen) atoms. The Morgan fingerprint density at radius 3 is 2.70 bits per heavy atom. The first-order valence-corrected chi connectivity index (χ1v) is 6.43. The molecule has 0 bridgehead atoms. The van der Waals surface area contributed by atoms with E-state index in [0.29, 0.717) is 10.7 Å². The number of amides is 2. The van der Waals surface area contributed by atoms with Crippen molar-refractivity contribution in [1.29, 1.82) is 0 Å². The van der Waals surface area contributed by atoms with Crippen LogP contribution in [0.25, 0.3) is 0 Å². The van der Waals surface area contributed by atoms with Gasteiger partial charge in [-0.1, -0.05) is 29.3 Å². The van der Waals surface area contributed by atoms with Gasteiger partial charge >= 0.3 is 12.0 Å². The van der Waals surface area contributed by atoms with E-state index in [1.165, 1.54) is 7.11 Å². The minimum atomic E-state index is -1.00. The van der Waals surface area contributed by atoms with Crippen molar-refractivity contribution in [2.45, 2.75) is 12.5 Å². The molecule has 0 spiro atoms.